The van der Waals surface area contributed by atoms with E-state index < -0.39 is 17.7 Å². The Morgan fingerprint density at radius 2 is 2.10 bits per heavy atom. The number of carbonyl (C=O) groups is 1. The average molecular weight is 284 g/mol. The standard InChI is InChI=1S/C14H18F2N2O2/c1-18(9-10-4-6-20-7-5-10)14(19)17-13-8-11(15)2-3-12(13)16/h2-3,8,10H,4-7,9H2,1H3,(H,17,19). The number of benzene rings is 1. The summed E-state index contributed by atoms with van der Waals surface area (Å²) in [6.45, 7) is 1.99. The van der Waals surface area contributed by atoms with Crippen LogP contribution in [0.15, 0.2) is 18.2 Å². The molecular formula is C14H18F2N2O2. The van der Waals surface area contributed by atoms with Crippen LogP contribution in [0.1, 0.15) is 12.8 Å². The zero-order valence-electron chi connectivity index (χ0n) is 11.4. The molecule has 1 aliphatic rings. The van der Waals surface area contributed by atoms with E-state index in [0.717, 1.165) is 31.0 Å². The Kier molecular flexibility index (Phi) is 4.89. The van der Waals surface area contributed by atoms with Crippen LogP contribution in [0.4, 0.5) is 19.3 Å². The molecule has 1 fully saturated rings. The van der Waals surface area contributed by atoms with Crippen molar-refractivity contribution in [1.82, 2.24) is 4.90 Å². The maximum atomic E-state index is 13.4. The number of anilines is 1. The molecule has 110 valence electrons. The molecule has 0 saturated carbocycles. The third-order valence-electron chi connectivity index (χ3n) is 3.39. The van der Waals surface area contributed by atoms with Crippen LogP contribution in [0.3, 0.4) is 0 Å². The molecule has 6 heteroatoms. The second-order valence-corrected chi connectivity index (χ2v) is 4.99. The van der Waals surface area contributed by atoms with Crippen LogP contribution in [0, 0.1) is 17.6 Å². The molecule has 1 N–H and O–H groups in total. The van der Waals surface area contributed by atoms with Gasteiger partial charge >= 0.3 is 6.03 Å². The number of urea groups is 1. The van der Waals surface area contributed by atoms with E-state index >= 15 is 0 Å². The molecular weight excluding hydrogens is 266 g/mol. The molecule has 4 nitrogen and oxygen atoms in total. The number of hydrogen-bond acceptors (Lipinski definition) is 2. The smallest absolute Gasteiger partial charge is 0.321 e. The highest BCUT2D eigenvalue weighted by molar-refractivity contribution is 5.89. The summed E-state index contributed by atoms with van der Waals surface area (Å²) in [6, 6.07) is 2.52. The average Bonchev–Trinajstić information content (AvgIpc) is 2.44. The predicted octanol–water partition coefficient (Wildman–Crippen LogP) is 2.86. The summed E-state index contributed by atoms with van der Waals surface area (Å²) in [5, 5.41) is 2.38. The molecule has 2 amide bonds. The van der Waals surface area contributed by atoms with Crippen molar-refractivity contribution in [2.45, 2.75) is 12.8 Å². The van der Waals surface area contributed by atoms with Gasteiger partial charge in [0.1, 0.15) is 11.6 Å². The molecule has 0 aliphatic carbocycles. The summed E-state index contributed by atoms with van der Waals surface area (Å²) < 4.78 is 31.7. The van der Waals surface area contributed by atoms with E-state index in [1.807, 2.05) is 0 Å². The zero-order valence-corrected chi connectivity index (χ0v) is 11.4. The Morgan fingerprint density at radius 3 is 2.80 bits per heavy atom. The number of rotatable bonds is 3. The topological polar surface area (TPSA) is 41.6 Å². The maximum Gasteiger partial charge on any atom is 0.321 e. The third-order valence-corrected chi connectivity index (χ3v) is 3.39. The van der Waals surface area contributed by atoms with Crippen LogP contribution in [0.5, 0.6) is 0 Å². The first-order chi connectivity index (χ1) is 9.56. The van der Waals surface area contributed by atoms with Gasteiger partial charge in [-0.2, -0.15) is 0 Å². The maximum absolute atomic E-state index is 13.4. The van der Waals surface area contributed by atoms with Gasteiger partial charge in [-0.05, 0) is 30.9 Å². The molecule has 1 aromatic carbocycles. The van der Waals surface area contributed by atoms with Gasteiger partial charge in [0.15, 0.2) is 0 Å². The van der Waals surface area contributed by atoms with Crippen molar-refractivity contribution in [1.29, 1.82) is 0 Å². The fourth-order valence-corrected chi connectivity index (χ4v) is 2.20. The normalized spacial score (nSPS) is 15.9. The minimum absolute atomic E-state index is 0.145. The van der Waals surface area contributed by atoms with E-state index in [4.69, 9.17) is 4.74 Å². The van der Waals surface area contributed by atoms with Crippen molar-refractivity contribution in [2.24, 2.45) is 5.92 Å². The third kappa shape index (κ3) is 3.90. The highest BCUT2D eigenvalue weighted by atomic mass is 19.1. The molecule has 2 rings (SSSR count). The van der Waals surface area contributed by atoms with Gasteiger partial charge in [0.05, 0.1) is 5.69 Å². The fourth-order valence-electron chi connectivity index (χ4n) is 2.20. The highest BCUT2D eigenvalue weighted by Gasteiger charge is 2.19. The second-order valence-electron chi connectivity index (χ2n) is 4.99. The van der Waals surface area contributed by atoms with Gasteiger partial charge < -0.3 is 15.0 Å². The molecule has 20 heavy (non-hydrogen) atoms. The minimum Gasteiger partial charge on any atom is -0.381 e. The molecule has 0 aromatic heterocycles. The van der Waals surface area contributed by atoms with E-state index in [1.54, 1.807) is 7.05 Å². The molecule has 1 aliphatic heterocycles. The molecule has 1 aromatic rings. The SMILES string of the molecule is CN(CC1CCOCC1)C(=O)Nc1cc(F)ccc1F. The lowest BCUT2D eigenvalue weighted by Gasteiger charge is -2.27. The van der Waals surface area contributed by atoms with Crippen molar-refractivity contribution in [2.75, 3.05) is 32.1 Å². The molecule has 1 heterocycles. The van der Waals surface area contributed by atoms with Crippen LogP contribution in [0.25, 0.3) is 0 Å². The second kappa shape index (κ2) is 6.65. The molecule has 0 spiro atoms. The number of halogens is 2. The molecule has 0 unspecified atom stereocenters. The predicted molar refractivity (Wildman–Crippen MR) is 71.5 cm³/mol. The molecule has 0 radical (unpaired) electrons. The summed E-state index contributed by atoms with van der Waals surface area (Å²) in [6.07, 6.45) is 1.82. The number of nitrogens with zero attached hydrogens (tertiary/aromatic N) is 1. The van der Waals surface area contributed by atoms with Crippen molar-refractivity contribution >= 4 is 11.7 Å². The highest BCUT2D eigenvalue weighted by Crippen LogP contribution is 2.18. The quantitative estimate of drug-likeness (QED) is 0.927. The van der Waals surface area contributed by atoms with E-state index in [1.165, 1.54) is 4.90 Å². The van der Waals surface area contributed by atoms with Gasteiger partial charge in [0, 0.05) is 32.9 Å². The molecule has 1 saturated heterocycles. The monoisotopic (exact) mass is 284 g/mol. The number of amides is 2. The Morgan fingerprint density at radius 1 is 1.40 bits per heavy atom. The zero-order chi connectivity index (χ0) is 14.5. The van der Waals surface area contributed by atoms with Gasteiger partial charge in [-0.15, -0.1) is 0 Å². The van der Waals surface area contributed by atoms with Crippen molar-refractivity contribution < 1.29 is 18.3 Å². The fraction of sp³-hybridized carbons (Fsp3) is 0.500. The lowest BCUT2D eigenvalue weighted by atomic mass is 10.00. The summed E-state index contributed by atoms with van der Waals surface area (Å²) >= 11 is 0. The van der Waals surface area contributed by atoms with E-state index in [9.17, 15) is 13.6 Å². The lowest BCUT2D eigenvalue weighted by Crippen LogP contribution is -2.37. The lowest BCUT2D eigenvalue weighted by molar-refractivity contribution is 0.0592. The first kappa shape index (κ1) is 14.7. The van der Waals surface area contributed by atoms with Gasteiger partial charge in [0.2, 0.25) is 0 Å². The Labute approximate surface area is 116 Å². The summed E-state index contributed by atoms with van der Waals surface area (Å²) in [4.78, 5) is 13.4. The van der Waals surface area contributed by atoms with Crippen LogP contribution in [0.2, 0.25) is 0 Å². The number of ether oxygens (including phenoxy) is 1. The number of hydrogen-bond donors (Lipinski definition) is 1. The van der Waals surface area contributed by atoms with Crippen LogP contribution < -0.4 is 5.32 Å². The van der Waals surface area contributed by atoms with E-state index in [-0.39, 0.29) is 5.69 Å². The summed E-state index contributed by atoms with van der Waals surface area (Å²) in [5.41, 5.74) is -0.145. The van der Waals surface area contributed by atoms with Crippen LogP contribution >= 0.6 is 0 Å². The number of nitrogens with one attached hydrogen (secondary N) is 1. The van der Waals surface area contributed by atoms with E-state index in [2.05, 4.69) is 5.32 Å². The van der Waals surface area contributed by atoms with E-state index in [0.29, 0.717) is 25.7 Å². The van der Waals surface area contributed by atoms with Gasteiger partial charge in [-0.25, -0.2) is 13.6 Å². The summed E-state index contributed by atoms with van der Waals surface area (Å²) in [7, 11) is 1.64. The van der Waals surface area contributed by atoms with Crippen molar-refractivity contribution in [3.63, 3.8) is 0 Å². The first-order valence-electron chi connectivity index (χ1n) is 6.61. The largest absolute Gasteiger partial charge is 0.381 e. The molecule has 0 atom stereocenters. The van der Waals surface area contributed by atoms with Gasteiger partial charge in [0.25, 0.3) is 0 Å². The van der Waals surface area contributed by atoms with Gasteiger partial charge in [-0.3, -0.25) is 0 Å². The Balaban J connectivity index is 1.91. The van der Waals surface area contributed by atoms with Crippen LogP contribution in [-0.2, 0) is 4.74 Å². The molecule has 0 bridgehead atoms. The van der Waals surface area contributed by atoms with Crippen molar-refractivity contribution in [3.05, 3.63) is 29.8 Å². The first-order valence-corrected chi connectivity index (χ1v) is 6.61. The minimum atomic E-state index is -0.654. The van der Waals surface area contributed by atoms with Crippen LogP contribution in [-0.4, -0.2) is 37.7 Å². The van der Waals surface area contributed by atoms with Gasteiger partial charge in [-0.1, -0.05) is 0 Å². The number of carbonyl (C=O) groups excluding carboxylic acids is 1. The Bertz CT molecular complexity index is 476. The van der Waals surface area contributed by atoms with Crippen molar-refractivity contribution in [3.8, 4) is 0 Å². The summed E-state index contributed by atoms with van der Waals surface area (Å²) in [5.74, 6) is -0.857. The Hall–Kier alpha value is -1.69.